The van der Waals surface area contributed by atoms with Crippen LogP contribution in [0, 0.1) is 5.82 Å². The second kappa shape index (κ2) is 9.03. The van der Waals surface area contributed by atoms with Gasteiger partial charge < -0.3 is 9.26 Å². The van der Waals surface area contributed by atoms with Crippen LogP contribution >= 0.6 is 0 Å². The highest BCUT2D eigenvalue weighted by molar-refractivity contribution is 7.89. The van der Waals surface area contributed by atoms with E-state index in [1.807, 2.05) is 30.3 Å². The Bertz CT molecular complexity index is 1070. The molecule has 0 radical (unpaired) electrons. The Kier molecular flexibility index (Phi) is 6.21. The van der Waals surface area contributed by atoms with E-state index in [9.17, 15) is 12.8 Å². The van der Waals surface area contributed by atoms with Crippen LogP contribution < -0.4 is 0 Å². The first-order valence-corrected chi connectivity index (χ1v) is 11.2. The summed E-state index contributed by atoms with van der Waals surface area (Å²) in [5.41, 5.74) is 1.03. The van der Waals surface area contributed by atoms with Crippen molar-refractivity contribution < 1.29 is 22.1 Å². The lowest BCUT2D eigenvalue weighted by Crippen LogP contribution is -2.39. The van der Waals surface area contributed by atoms with Crippen molar-refractivity contribution in [2.24, 2.45) is 0 Å². The first-order chi connectivity index (χ1) is 14.5. The summed E-state index contributed by atoms with van der Waals surface area (Å²) in [5.74, 6) is 0.131. The van der Waals surface area contributed by atoms with E-state index in [1.165, 1.54) is 16.4 Å². The van der Waals surface area contributed by atoms with Crippen LogP contribution in [0.4, 0.5) is 4.39 Å². The molecule has 1 aliphatic heterocycles. The van der Waals surface area contributed by atoms with Crippen molar-refractivity contribution in [3.63, 3.8) is 0 Å². The predicted molar refractivity (Wildman–Crippen MR) is 106 cm³/mol. The normalized spacial score (nSPS) is 17.8. The van der Waals surface area contributed by atoms with Gasteiger partial charge in [0, 0.05) is 6.54 Å². The molecule has 1 unspecified atom stereocenters. The molecule has 0 N–H and O–H groups in total. The van der Waals surface area contributed by atoms with E-state index in [-0.39, 0.29) is 11.5 Å². The van der Waals surface area contributed by atoms with Crippen molar-refractivity contribution in [1.29, 1.82) is 0 Å². The monoisotopic (exact) mass is 431 g/mol. The molecular formula is C21H22FN3O4S. The molecule has 1 fully saturated rings. The molecule has 0 amide bonds. The molecule has 1 aliphatic rings. The van der Waals surface area contributed by atoms with E-state index in [4.69, 9.17) is 9.26 Å². The van der Waals surface area contributed by atoms with Gasteiger partial charge >= 0.3 is 0 Å². The van der Waals surface area contributed by atoms with Crippen molar-refractivity contribution in [1.82, 2.24) is 14.4 Å². The largest absolute Gasteiger partial charge is 0.367 e. The van der Waals surface area contributed by atoms with E-state index in [0.717, 1.165) is 30.5 Å². The molecule has 0 saturated carbocycles. The fourth-order valence-electron chi connectivity index (χ4n) is 3.49. The van der Waals surface area contributed by atoms with Gasteiger partial charge in [-0.25, -0.2) is 12.8 Å². The van der Waals surface area contributed by atoms with Crippen molar-refractivity contribution in [2.75, 3.05) is 6.54 Å². The summed E-state index contributed by atoms with van der Waals surface area (Å²) in [6.07, 6.45) is 2.18. The van der Waals surface area contributed by atoms with Crippen LogP contribution in [0.3, 0.4) is 0 Å². The van der Waals surface area contributed by atoms with Gasteiger partial charge in [0.2, 0.25) is 10.0 Å². The zero-order chi connectivity index (χ0) is 21.0. The van der Waals surface area contributed by atoms with Crippen LogP contribution in [-0.4, -0.2) is 29.4 Å². The van der Waals surface area contributed by atoms with Gasteiger partial charge in [-0.05, 0) is 42.7 Å². The van der Waals surface area contributed by atoms with Crippen LogP contribution in [0.2, 0.25) is 0 Å². The van der Waals surface area contributed by atoms with E-state index in [0.29, 0.717) is 31.3 Å². The number of benzene rings is 2. The first kappa shape index (κ1) is 20.6. The highest BCUT2D eigenvalue weighted by atomic mass is 32.2. The van der Waals surface area contributed by atoms with Gasteiger partial charge in [0.15, 0.2) is 5.82 Å². The molecule has 0 spiro atoms. The zero-order valence-corrected chi connectivity index (χ0v) is 17.1. The minimum atomic E-state index is -3.81. The Labute approximate surface area is 174 Å². The highest BCUT2D eigenvalue weighted by Crippen LogP contribution is 2.34. The molecule has 158 valence electrons. The second-order valence-corrected chi connectivity index (χ2v) is 9.00. The molecule has 9 heteroatoms. The fraction of sp³-hybridized carbons (Fsp3) is 0.333. The Morgan fingerprint density at radius 1 is 1.07 bits per heavy atom. The Balaban J connectivity index is 1.47. The van der Waals surface area contributed by atoms with Crippen LogP contribution in [0.15, 0.2) is 64.0 Å². The number of halogens is 1. The zero-order valence-electron chi connectivity index (χ0n) is 16.3. The lowest BCUT2D eigenvalue weighted by Gasteiger charge is -2.32. The molecule has 30 heavy (non-hydrogen) atoms. The molecule has 1 atom stereocenters. The van der Waals surface area contributed by atoms with Gasteiger partial charge in [-0.15, -0.1) is 0 Å². The van der Waals surface area contributed by atoms with Gasteiger partial charge in [0.25, 0.3) is 5.89 Å². The number of rotatable bonds is 7. The van der Waals surface area contributed by atoms with Gasteiger partial charge in [-0.2, -0.15) is 9.29 Å². The third-order valence-electron chi connectivity index (χ3n) is 4.99. The summed E-state index contributed by atoms with van der Waals surface area (Å²) in [7, 11) is -3.81. The van der Waals surface area contributed by atoms with Gasteiger partial charge in [-0.3, -0.25) is 0 Å². The van der Waals surface area contributed by atoms with Crippen LogP contribution in [0.1, 0.15) is 42.6 Å². The number of piperidine rings is 1. The average molecular weight is 431 g/mol. The summed E-state index contributed by atoms with van der Waals surface area (Å²) < 4.78 is 51.7. The van der Waals surface area contributed by atoms with Gasteiger partial charge in [0.05, 0.1) is 17.5 Å². The lowest BCUT2D eigenvalue weighted by atomic mass is 10.0. The first-order valence-electron chi connectivity index (χ1n) is 9.75. The van der Waals surface area contributed by atoms with Crippen molar-refractivity contribution in [2.45, 2.75) is 43.4 Å². The molecular weight excluding hydrogens is 409 g/mol. The number of ether oxygens (including phenoxy) is 1. The topological polar surface area (TPSA) is 85.5 Å². The number of nitrogens with zero attached hydrogens (tertiary/aromatic N) is 3. The number of hydrogen-bond acceptors (Lipinski definition) is 6. The maximum Gasteiger partial charge on any atom is 0.252 e. The Morgan fingerprint density at radius 3 is 2.60 bits per heavy atom. The Morgan fingerprint density at radius 2 is 1.83 bits per heavy atom. The maximum absolute atomic E-state index is 13.2. The van der Waals surface area contributed by atoms with Crippen molar-refractivity contribution >= 4 is 10.0 Å². The molecule has 0 bridgehead atoms. The average Bonchev–Trinajstić information content (AvgIpc) is 3.24. The summed E-state index contributed by atoms with van der Waals surface area (Å²) in [4.78, 5) is 4.41. The van der Waals surface area contributed by atoms with Crippen molar-refractivity contribution in [3.05, 3.63) is 77.7 Å². The van der Waals surface area contributed by atoms with Crippen LogP contribution in [0.25, 0.3) is 0 Å². The highest BCUT2D eigenvalue weighted by Gasteiger charge is 2.37. The summed E-state index contributed by atoms with van der Waals surface area (Å²) >= 11 is 0. The van der Waals surface area contributed by atoms with Crippen LogP contribution in [-0.2, 0) is 28.0 Å². The van der Waals surface area contributed by atoms with Crippen molar-refractivity contribution in [3.8, 4) is 0 Å². The molecule has 2 aromatic carbocycles. The van der Waals surface area contributed by atoms with Gasteiger partial charge in [0.1, 0.15) is 12.4 Å². The third kappa shape index (κ3) is 4.58. The molecule has 2 heterocycles. The quantitative estimate of drug-likeness (QED) is 0.565. The standard InChI is InChI=1S/C21H22FN3O4S/c22-17-9-11-18(12-10-17)30(26,27)25-13-5-4-8-19(25)21-23-20(29-24-21)15-28-14-16-6-2-1-3-7-16/h1-3,6-7,9-12,19H,4-5,8,13-15H2. The number of hydrogen-bond donors (Lipinski definition) is 0. The molecule has 0 aliphatic carbocycles. The number of sulfonamides is 1. The molecule has 1 saturated heterocycles. The fourth-order valence-corrected chi connectivity index (χ4v) is 5.14. The van der Waals surface area contributed by atoms with E-state index >= 15 is 0 Å². The van der Waals surface area contributed by atoms with E-state index < -0.39 is 21.9 Å². The Hall–Kier alpha value is -2.62. The second-order valence-electron chi connectivity index (χ2n) is 7.11. The lowest BCUT2D eigenvalue weighted by molar-refractivity contribution is 0.0850. The summed E-state index contributed by atoms with van der Waals surface area (Å²) in [6.45, 7) is 0.894. The summed E-state index contributed by atoms with van der Waals surface area (Å²) in [6, 6.07) is 14.0. The molecule has 3 aromatic rings. The predicted octanol–water partition coefficient (Wildman–Crippen LogP) is 3.84. The minimum absolute atomic E-state index is 0.0470. The van der Waals surface area contributed by atoms with E-state index in [2.05, 4.69) is 10.1 Å². The maximum atomic E-state index is 13.2. The smallest absolute Gasteiger partial charge is 0.252 e. The van der Waals surface area contributed by atoms with Crippen LogP contribution in [0.5, 0.6) is 0 Å². The summed E-state index contributed by atoms with van der Waals surface area (Å²) in [5, 5.41) is 4.00. The van der Waals surface area contributed by atoms with Gasteiger partial charge in [-0.1, -0.05) is 41.9 Å². The van der Waals surface area contributed by atoms with E-state index in [1.54, 1.807) is 0 Å². The molecule has 1 aromatic heterocycles. The number of aromatic nitrogens is 2. The third-order valence-corrected chi connectivity index (χ3v) is 6.92. The minimum Gasteiger partial charge on any atom is -0.367 e. The SMILES string of the molecule is O=S(=O)(c1ccc(F)cc1)N1CCCCC1c1noc(COCc2ccccc2)n1. The molecule has 7 nitrogen and oxygen atoms in total. The molecule has 4 rings (SSSR count).